The van der Waals surface area contributed by atoms with Crippen molar-refractivity contribution in [3.63, 3.8) is 0 Å². The van der Waals surface area contributed by atoms with Crippen LogP contribution in [0.1, 0.15) is 24.1 Å². The number of hydrogen-bond acceptors (Lipinski definition) is 4. The van der Waals surface area contributed by atoms with Crippen LogP contribution in [0.15, 0.2) is 53.3 Å². The Balaban J connectivity index is 1.54. The van der Waals surface area contributed by atoms with Gasteiger partial charge in [0, 0.05) is 47.7 Å². The van der Waals surface area contributed by atoms with Crippen molar-refractivity contribution in [2.75, 3.05) is 38.6 Å². The predicted molar refractivity (Wildman–Crippen MR) is 118 cm³/mol. The fraction of sp³-hybridized carbons (Fsp3) is 0.391. The monoisotopic (exact) mass is 408 g/mol. The molecule has 2 aromatic heterocycles. The van der Waals surface area contributed by atoms with E-state index in [1.165, 1.54) is 0 Å². The number of piperidine rings is 1. The third-order valence-electron chi connectivity index (χ3n) is 6.31. The third kappa shape index (κ3) is 3.32. The van der Waals surface area contributed by atoms with Gasteiger partial charge in [0.05, 0.1) is 11.6 Å². The molecular formula is C23H25ClN4O. The van der Waals surface area contributed by atoms with Gasteiger partial charge in [-0.25, -0.2) is 4.98 Å². The van der Waals surface area contributed by atoms with E-state index in [0.29, 0.717) is 11.8 Å². The molecule has 5 rings (SSSR count). The maximum Gasteiger partial charge on any atom is 0.251 e. The van der Waals surface area contributed by atoms with Crippen molar-refractivity contribution in [2.45, 2.75) is 18.4 Å². The highest BCUT2D eigenvalue weighted by Gasteiger charge is 2.41. The average Bonchev–Trinajstić information content (AvgIpc) is 2.70. The van der Waals surface area contributed by atoms with Crippen LogP contribution in [0.25, 0.3) is 10.9 Å². The van der Waals surface area contributed by atoms with Crippen LogP contribution in [0.2, 0.25) is 5.02 Å². The average molecular weight is 409 g/mol. The Kier molecular flexibility index (Phi) is 4.60. The molecule has 0 spiro atoms. The fourth-order valence-corrected chi connectivity index (χ4v) is 5.28. The lowest BCUT2D eigenvalue weighted by Crippen LogP contribution is -2.51. The predicted octanol–water partition coefficient (Wildman–Crippen LogP) is 3.78. The van der Waals surface area contributed by atoms with Crippen LogP contribution in [-0.4, -0.2) is 48.2 Å². The van der Waals surface area contributed by atoms with E-state index in [1.807, 2.05) is 24.3 Å². The van der Waals surface area contributed by atoms with Gasteiger partial charge in [0.2, 0.25) is 0 Å². The highest BCUT2D eigenvalue weighted by Crippen LogP contribution is 2.42. The number of fused-ring (bicyclic) bond motifs is 5. The van der Waals surface area contributed by atoms with Crippen LogP contribution in [0.4, 0.5) is 5.82 Å². The van der Waals surface area contributed by atoms with Gasteiger partial charge in [-0.05, 0) is 62.8 Å². The summed E-state index contributed by atoms with van der Waals surface area (Å²) in [5.74, 6) is 1.78. The van der Waals surface area contributed by atoms with Gasteiger partial charge in [-0.15, -0.1) is 0 Å². The fourth-order valence-electron chi connectivity index (χ4n) is 5.10. The van der Waals surface area contributed by atoms with Crippen molar-refractivity contribution in [1.82, 2.24) is 14.5 Å². The number of nitrogens with zero attached hydrogens (tertiary/aromatic N) is 4. The molecule has 5 nitrogen and oxygen atoms in total. The Morgan fingerprint density at radius 3 is 2.83 bits per heavy atom. The standard InChI is InChI=1S/C23H25ClN4O/c1-26(2)14-21-17-10-16(20-4-3-5-23(29)28(20)21)12-27(13-17)22-9-6-15-11-18(24)7-8-19(15)25-22/h3-9,11,16-17,21H,10,12-14H2,1-2H3/t16-,17+,21+/m1/s1. The van der Waals surface area contributed by atoms with Crippen molar-refractivity contribution in [3.8, 4) is 0 Å². The lowest BCUT2D eigenvalue weighted by Gasteiger charge is -2.48. The van der Waals surface area contributed by atoms with E-state index in [0.717, 1.165) is 53.5 Å². The van der Waals surface area contributed by atoms with E-state index in [4.69, 9.17) is 16.6 Å². The zero-order chi connectivity index (χ0) is 20.1. The van der Waals surface area contributed by atoms with E-state index in [1.54, 1.807) is 6.07 Å². The second kappa shape index (κ2) is 7.15. The molecule has 0 N–H and O–H groups in total. The van der Waals surface area contributed by atoms with Gasteiger partial charge in [0.25, 0.3) is 5.56 Å². The van der Waals surface area contributed by atoms with Crippen LogP contribution < -0.4 is 10.5 Å². The normalized spacial score (nSPS) is 23.4. The van der Waals surface area contributed by atoms with Crippen molar-refractivity contribution < 1.29 is 0 Å². The maximum absolute atomic E-state index is 12.7. The molecular weight excluding hydrogens is 384 g/mol. The second-order valence-electron chi connectivity index (χ2n) is 8.59. The summed E-state index contributed by atoms with van der Waals surface area (Å²) in [6, 6.07) is 15.9. The van der Waals surface area contributed by atoms with Crippen molar-refractivity contribution >= 4 is 28.3 Å². The van der Waals surface area contributed by atoms with Crippen LogP contribution in [0.5, 0.6) is 0 Å². The molecule has 4 heterocycles. The molecule has 29 heavy (non-hydrogen) atoms. The summed E-state index contributed by atoms with van der Waals surface area (Å²) in [4.78, 5) is 22.2. The van der Waals surface area contributed by atoms with E-state index < -0.39 is 0 Å². The first-order valence-electron chi connectivity index (χ1n) is 10.2. The number of hydrogen-bond donors (Lipinski definition) is 0. The summed E-state index contributed by atoms with van der Waals surface area (Å²) in [6.07, 6.45) is 1.13. The zero-order valence-corrected chi connectivity index (χ0v) is 17.5. The molecule has 0 radical (unpaired) electrons. The first-order valence-corrected chi connectivity index (χ1v) is 10.5. The Hall–Kier alpha value is -2.37. The van der Waals surface area contributed by atoms with Gasteiger partial charge in [-0.2, -0.15) is 0 Å². The topological polar surface area (TPSA) is 41.4 Å². The summed E-state index contributed by atoms with van der Waals surface area (Å²) in [5.41, 5.74) is 2.25. The molecule has 2 bridgehead atoms. The number of halogens is 1. The molecule has 1 saturated heterocycles. The summed E-state index contributed by atoms with van der Waals surface area (Å²) in [5, 5.41) is 1.79. The minimum absolute atomic E-state index is 0.123. The highest BCUT2D eigenvalue weighted by molar-refractivity contribution is 6.31. The summed E-state index contributed by atoms with van der Waals surface area (Å²) in [7, 11) is 4.16. The van der Waals surface area contributed by atoms with Gasteiger partial charge in [-0.1, -0.05) is 17.7 Å². The lowest BCUT2D eigenvalue weighted by molar-refractivity contribution is 0.174. The second-order valence-corrected chi connectivity index (χ2v) is 9.03. The Morgan fingerprint density at radius 1 is 1.14 bits per heavy atom. The summed E-state index contributed by atoms with van der Waals surface area (Å²) >= 11 is 6.12. The number of likely N-dealkylation sites (N-methyl/N-ethyl adjacent to an activating group) is 1. The van der Waals surface area contributed by atoms with Gasteiger partial charge in [-0.3, -0.25) is 4.79 Å². The van der Waals surface area contributed by atoms with Crippen LogP contribution in [-0.2, 0) is 0 Å². The molecule has 0 unspecified atom stereocenters. The van der Waals surface area contributed by atoms with E-state index in [-0.39, 0.29) is 11.6 Å². The molecule has 150 valence electrons. The van der Waals surface area contributed by atoms with Gasteiger partial charge < -0.3 is 14.4 Å². The third-order valence-corrected chi connectivity index (χ3v) is 6.55. The van der Waals surface area contributed by atoms with Crippen molar-refractivity contribution in [3.05, 3.63) is 69.6 Å². The lowest BCUT2D eigenvalue weighted by atomic mass is 9.78. The first-order chi connectivity index (χ1) is 14.0. The molecule has 3 atom stereocenters. The maximum atomic E-state index is 12.7. The Labute approximate surface area is 175 Å². The quantitative estimate of drug-likeness (QED) is 0.661. The van der Waals surface area contributed by atoms with Crippen molar-refractivity contribution in [1.29, 1.82) is 0 Å². The van der Waals surface area contributed by atoms with E-state index in [2.05, 4.69) is 46.7 Å². The number of aromatic nitrogens is 2. The molecule has 0 aliphatic carbocycles. The minimum atomic E-state index is 0.123. The molecule has 0 amide bonds. The molecule has 2 aliphatic rings. The molecule has 6 heteroatoms. The van der Waals surface area contributed by atoms with E-state index in [9.17, 15) is 4.79 Å². The number of pyridine rings is 2. The first kappa shape index (κ1) is 18.6. The molecule has 2 aliphatic heterocycles. The van der Waals surface area contributed by atoms with Crippen molar-refractivity contribution in [2.24, 2.45) is 5.92 Å². The van der Waals surface area contributed by atoms with Gasteiger partial charge in [0.1, 0.15) is 5.82 Å². The van der Waals surface area contributed by atoms with E-state index >= 15 is 0 Å². The minimum Gasteiger partial charge on any atom is -0.356 e. The SMILES string of the molecule is CN(C)C[C@H]1[C@H]2C[C@H](CN(c3ccc4cc(Cl)ccc4n3)C2)c2cccc(=O)n21. The summed E-state index contributed by atoms with van der Waals surface area (Å²) < 4.78 is 2.06. The van der Waals surface area contributed by atoms with Crippen LogP contribution >= 0.6 is 11.6 Å². The van der Waals surface area contributed by atoms with Gasteiger partial charge >= 0.3 is 0 Å². The summed E-state index contributed by atoms with van der Waals surface area (Å²) in [6.45, 7) is 2.68. The molecule has 3 aromatic rings. The van der Waals surface area contributed by atoms with Crippen LogP contribution in [0.3, 0.4) is 0 Å². The largest absolute Gasteiger partial charge is 0.356 e. The van der Waals surface area contributed by atoms with Crippen LogP contribution in [0, 0.1) is 5.92 Å². The molecule has 1 aromatic carbocycles. The molecule has 1 fully saturated rings. The molecule has 0 saturated carbocycles. The Morgan fingerprint density at radius 2 is 2.00 bits per heavy atom. The smallest absolute Gasteiger partial charge is 0.251 e. The Bertz CT molecular complexity index is 1130. The number of benzene rings is 1. The zero-order valence-electron chi connectivity index (χ0n) is 16.8. The van der Waals surface area contributed by atoms with Gasteiger partial charge in [0.15, 0.2) is 0 Å². The highest BCUT2D eigenvalue weighted by atomic mass is 35.5. The number of rotatable bonds is 3. The number of anilines is 1.